The van der Waals surface area contributed by atoms with E-state index < -0.39 is 0 Å². The third kappa shape index (κ3) is 3.83. The minimum atomic E-state index is 0.481. The van der Waals surface area contributed by atoms with Crippen LogP contribution in [0.1, 0.15) is 30.8 Å². The van der Waals surface area contributed by atoms with E-state index in [1.807, 2.05) is 52.3 Å². The van der Waals surface area contributed by atoms with Crippen molar-refractivity contribution in [3.63, 3.8) is 0 Å². The fraction of sp³-hybridized carbons (Fsp3) is 0.320. The molecule has 2 bridgehead atoms. The van der Waals surface area contributed by atoms with Crippen molar-refractivity contribution in [1.82, 2.24) is 34.7 Å². The van der Waals surface area contributed by atoms with E-state index in [2.05, 4.69) is 38.9 Å². The molecule has 0 unspecified atom stereocenters. The van der Waals surface area contributed by atoms with Crippen LogP contribution in [-0.4, -0.2) is 54.4 Å². The second kappa shape index (κ2) is 8.74. The van der Waals surface area contributed by atoms with Gasteiger partial charge in [-0.25, -0.2) is 9.36 Å². The highest BCUT2D eigenvalue weighted by Gasteiger charge is 2.20. The zero-order valence-electron chi connectivity index (χ0n) is 20.0. The molecule has 0 radical (unpaired) electrons. The maximum absolute atomic E-state index is 6.25. The summed E-state index contributed by atoms with van der Waals surface area (Å²) in [7, 11) is 3.80. The van der Waals surface area contributed by atoms with Crippen LogP contribution >= 0.6 is 0 Å². The molecule has 5 rings (SSSR count). The van der Waals surface area contributed by atoms with Crippen LogP contribution in [0, 0.1) is 0 Å². The maximum Gasteiger partial charge on any atom is 0.219 e. The quantitative estimate of drug-likeness (QED) is 0.499. The molecule has 0 atom stereocenters. The summed E-state index contributed by atoms with van der Waals surface area (Å²) >= 11 is 0. The number of H-pyrrole nitrogens is 1. The smallest absolute Gasteiger partial charge is 0.219 e. The second-order valence-electron chi connectivity index (χ2n) is 8.42. The van der Waals surface area contributed by atoms with Gasteiger partial charge in [-0.1, -0.05) is 12.6 Å². The first-order valence-corrected chi connectivity index (χ1v) is 11.4. The van der Waals surface area contributed by atoms with Crippen molar-refractivity contribution in [3.05, 3.63) is 53.6 Å². The van der Waals surface area contributed by atoms with E-state index in [1.165, 1.54) is 0 Å². The topological polar surface area (TPSA) is 86.0 Å². The Morgan fingerprint density at radius 2 is 2.09 bits per heavy atom. The van der Waals surface area contributed by atoms with Crippen LogP contribution < -0.4 is 9.47 Å². The molecular formula is C25H29N7O2. The molecule has 0 aliphatic carbocycles. The monoisotopic (exact) mass is 459 g/mol. The minimum absolute atomic E-state index is 0.481. The van der Waals surface area contributed by atoms with E-state index >= 15 is 0 Å². The van der Waals surface area contributed by atoms with Gasteiger partial charge in [0, 0.05) is 25.2 Å². The number of ether oxygens (including phenoxy) is 2. The summed E-state index contributed by atoms with van der Waals surface area (Å²) in [4.78, 5) is 2.17. The summed E-state index contributed by atoms with van der Waals surface area (Å²) in [5, 5.41) is 17.9. The van der Waals surface area contributed by atoms with Gasteiger partial charge in [0.1, 0.15) is 6.61 Å². The van der Waals surface area contributed by atoms with Crippen molar-refractivity contribution in [2.45, 2.75) is 20.4 Å². The Kier molecular flexibility index (Phi) is 5.61. The van der Waals surface area contributed by atoms with E-state index in [4.69, 9.17) is 14.6 Å². The highest BCUT2D eigenvalue weighted by atomic mass is 16.5. The number of benzene rings is 1. The van der Waals surface area contributed by atoms with Crippen molar-refractivity contribution in [3.8, 4) is 22.9 Å². The molecule has 1 aliphatic rings. The number of hydrogen-bond acceptors (Lipinski definition) is 6. The van der Waals surface area contributed by atoms with Gasteiger partial charge in [-0.2, -0.15) is 15.3 Å². The standard InChI is InChI=1S/C25H29N7O2/c1-6-33-24-18-8-10-22-19-13-17(7-9-21(19)27-28-22)20-14-26-30(4)25(20)34-12-11-32(16(2)3)15-23(18)29-31(24)5/h7-10,13-14H,2,6,11-12,15H2,1,3-5H3,(H,27,28)/b10-8+. The van der Waals surface area contributed by atoms with Crippen LogP contribution in [0.3, 0.4) is 0 Å². The van der Waals surface area contributed by atoms with Crippen LogP contribution in [-0.2, 0) is 20.6 Å². The molecule has 176 valence electrons. The Labute approximate surface area is 198 Å². The molecule has 4 aromatic rings. The lowest BCUT2D eigenvalue weighted by atomic mass is 10.1. The second-order valence-corrected chi connectivity index (χ2v) is 8.42. The number of aryl methyl sites for hydroxylation is 2. The van der Waals surface area contributed by atoms with Gasteiger partial charge in [-0.05, 0) is 43.7 Å². The van der Waals surface area contributed by atoms with E-state index in [9.17, 15) is 0 Å². The summed E-state index contributed by atoms with van der Waals surface area (Å²) in [5.74, 6) is 1.47. The molecule has 4 heterocycles. The fourth-order valence-corrected chi connectivity index (χ4v) is 4.30. The van der Waals surface area contributed by atoms with Crippen molar-refractivity contribution < 1.29 is 9.47 Å². The fourth-order valence-electron chi connectivity index (χ4n) is 4.30. The molecule has 0 fully saturated rings. The van der Waals surface area contributed by atoms with Gasteiger partial charge in [-0.3, -0.25) is 5.10 Å². The van der Waals surface area contributed by atoms with Gasteiger partial charge in [0.2, 0.25) is 11.8 Å². The number of nitrogens with zero attached hydrogens (tertiary/aromatic N) is 6. The molecule has 1 aliphatic heterocycles. The van der Waals surface area contributed by atoms with E-state index in [-0.39, 0.29) is 0 Å². The lowest BCUT2D eigenvalue weighted by Gasteiger charge is -2.24. The Balaban J connectivity index is 1.68. The van der Waals surface area contributed by atoms with Gasteiger partial charge in [0.15, 0.2) is 0 Å². The van der Waals surface area contributed by atoms with Gasteiger partial charge < -0.3 is 14.4 Å². The Morgan fingerprint density at radius 3 is 2.88 bits per heavy atom. The Morgan fingerprint density at radius 1 is 1.24 bits per heavy atom. The lowest BCUT2D eigenvalue weighted by molar-refractivity contribution is 0.225. The van der Waals surface area contributed by atoms with Crippen molar-refractivity contribution >= 4 is 23.1 Å². The van der Waals surface area contributed by atoms with E-state index in [0.29, 0.717) is 26.3 Å². The molecule has 34 heavy (non-hydrogen) atoms. The first kappa shape index (κ1) is 21.8. The summed E-state index contributed by atoms with van der Waals surface area (Å²) in [5.41, 5.74) is 6.56. The molecule has 0 amide bonds. The van der Waals surface area contributed by atoms with E-state index in [1.54, 1.807) is 9.36 Å². The van der Waals surface area contributed by atoms with Gasteiger partial charge in [0.25, 0.3) is 0 Å². The van der Waals surface area contributed by atoms with Crippen LogP contribution in [0.4, 0.5) is 0 Å². The Hall–Kier alpha value is -4.01. The van der Waals surface area contributed by atoms with Crippen LogP contribution in [0.15, 0.2) is 36.7 Å². The third-order valence-corrected chi connectivity index (χ3v) is 6.06. The average molecular weight is 460 g/mol. The highest BCUT2D eigenvalue weighted by Crippen LogP contribution is 2.33. The Bertz CT molecular complexity index is 1390. The first-order valence-electron chi connectivity index (χ1n) is 11.4. The number of hydrogen-bond donors (Lipinski definition) is 1. The van der Waals surface area contributed by atoms with Crippen LogP contribution in [0.2, 0.25) is 0 Å². The number of aromatic amines is 1. The number of rotatable bonds is 3. The normalized spacial score (nSPS) is 14.8. The minimum Gasteiger partial charge on any atom is -0.478 e. The van der Waals surface area contributed by atoms with E-state index in [0.717, 1.165) is 56.4 Å². The van der Waals surface area contributed by atoms with Crippen molar-refractivity contribution in [2.24, 2.45) is 14.1 Å². The molecule has 0 saturated carbocycles. The molecule has 0 spiro atoms. The van der Waals surface area contributed by atoms with Gasteiger partial charge in [-0.15, -0.1) is 0 Å². The van der Waals surface area contributed by atoms with Crippen molar-refractivity contribution in [1.29, 1.82) is 0 Å². The number of fused-ring (bicyclic) bond motifs is 4. The molecular weight excluding hydrogens is 430 g/mol. The maximum atomic E-state index is 6.25. The summed E-state index contributed by atoms with van der Waals surface area (Å²) < 4.78 is 15.8. The molecule has 9 heteroatoms. The van der Waals surface area contributed by atoms with Gasteiger partial charge in [0.05, 0.1) is 53.9 Å². The molecule has 3 aromatic heterocycles. The average Bonchev–Trinajstić information content (AvgIpc) is 3.47. The predicted molar refractivity (Wildman–Crippen MR) is 132 cm³/mol. The summed E-state index contributed by atoms with van der Waals surface area (Å²) in [6.45, 7) is 10.4. The highest BCUT2D eigenvalue weighted by molar-refractivity contribution is 5.93. The van der Waals surface area contributed by atoms with Crippen LogP contribution in [0.25, 0.3) is 34.2 Å². The largest absolute Gasteiger partial charge is 0.478 e. The zero-order valence-corrected chi connectivity index (χ0v) is 20.0. The molecule has 9 nitrogen and oxygen atoms in total. The first-order chi connectivity index (χ1) is 16.5. The molecule has 0 saturated heterocycles. The van der Waals surface area contributed by atoms with Gasteiger partial charge >= 0.3 is 0 Å². The van der Waals surface area contributed by atoms with Crippen LogP contribution in [0.5, 0.6) is 11.8 Å². The molecule has 1 aromatic carbocycles. The third-order valence-electron chi connectivity index (χ3n) is 6.06. The SMILES string of the molecule is C=C(C)N1CCOc2c(cnn2C)-c2ccc3n[nH]c(c3c2)/C=C/c2c(nn(C)c2OCC)C1. The number of nitrogens with one attached hydrogen (secondary N) is 1. The zero-order chi connectivity index (χ0) is 23.8. The number of aromatic nitrogens is 6. The van der Waals surface area contributed by atoms with Crippen molar-refractivity contribution in [2.75, 3.05) is 19.8 Å². The lowest BCUT2D eigenvalue weighted by Crippen LogP contribution is -2.27. The summed E-state index contributed by atoms with van der Waals surface area (Å²) in [6.07, 6.45) is 5.93. The predicted octanol–water partition coefficient (Wildman–Crippen LogP) is 3.99. The molecule has 1 N–H and O–H groups in total. The number of allylic oxidation sites excluding steroid dienone is 1. The summed E-state index contributed by atoms with van der Waals surface area (Å²) in [6, 6.07) is 6.18.